The Kier molecular flexibility index (Phi) is 2.49. The van der Waals surface area contributed by atoms with E-state index in [9.17, 15) is 0 Å². The minimum absolute atomic E-state index is 1.18. The Morgan fingerprint density at radius 3 is 2.62 bits per heavy atom. The predicted octanol–water partition coefficient (Wildman–Crippen LogP) is 3.23. The molecule has 1 fully saturated rings. The van der Waals surface area contributed by atoms with Crippen LogP contribution in [0.2, 0.25) is 0 Å². The molecule has 2 aromatic rings. The van der Waals surface area contributed by atoms with E-state index in [1.807, 2.05) is 12.4 Å². The van der Waals surface area contributed by atoms with Gasteiger partial charge in [0, 0.05) is 30.1 Å². The molecule has 16 heavy (non-hydrogen) atoms. The van der Waals surface area contributed by atoms with E-state index >= 15 is 0 Å². The number of pyridine rings is 1. The number of hydrogen-bond donors (Lipinski definition) is 0. The highest BCUT2D eigenvalue weighted by molar-refractivity contribution is 5.93. The van der Waals surface area contributed by atoms with Crippen molar-refractivity contribution < 1.29 is 0 Å². The van der Waals surface area contributed by atoms with Crippen LogP contribution >= 0.6 is 0 Å². The van der Waals surface area contributed by atoms with Gasteiger partial charge < -0.3 is 4.90 Å². The number of piperidine rings is 1. The second-order valence-electron chi connectivity index (χ2n) is 4.43. The fraction of sp³-hybridized carbons (Fsp3) is 0.357. The van der Waals surface area contributed by atoms with Crippen LogP contribution in [-0.4, -0.2) is 18.1 Å². The van der Waals surface area contributed by atoms with Gasteiger partial charge in [0.2, 0.25) is 0 Å². The molecule has 0 radical (unpaired) electrons. The molecule has 0 aliphatic carbocycles. The molecular formula is C14H16N2. The second kappa shape index (κ2) is 4.12. The third-order valence-electron chi connectivity index (χ3n) is 3.34. The molecule has 2 heterocycles. The first-order valence-corrected chi connectivity index (χ1v) is 6.03. The van der Waals surface area contributed by atoms with Crippen molar-refractivity contribution in [3.8, 4) is 0 Å². The van der Waals surface area contributed by atoms with E-state index in [0.29, 0.717) is 0 Å². The Balaban J connectivity index is 2.08. The van der Waals surface area contributed by atoms with E-state index in [-0.39, 0.29) is 0 Å². The Hall–Kier alpha value is -1.57. The number of hydrogen-bond acceptors (Lipinski definition) is 2. The minimum Gasteiger partial charge on any atom is -0.370 e. The third kappa shape index (κ3) is 1.64. The lowest BCUT2D eigenvalue weighted by atomic mass is 10.1. The maximum absolute atomic E-state index is 4.35. The Bertz CT molecular complexity index is 482. The third-order valence-corrected chi connectivity index (χ3v) is 3.34. The molecule has 2 heteroatoms. The summed E-state index contributed by atoms with van der Waals surface area (Å²) in [6.07, 6.45) is 7.94. The van der Waals surface area contributed by atoms with Gasteiger partial charge in [-0.3, -0.25) is 4.98 Å². The van der Waals surface area contributed by atoms with Gasteiger partial charge in [-0.25, -0.2) is 0 Å². The number of aromatic nitrogens is 1. The summed E-state index contributed by atoms with van der Waals surface area (Å²) in [5.41, 5.74) is 1.30. The highest BCUT2D eigenvalue weighted by Gasteiger charge is 2.13. The van der Waals surface area contributed by atoms with Gasteiger partial charge in [-0.05, 0) is 19.3 Å². The van der Waals surface area contributed by atoms with Crippen molar-refractivity contribution in [1.82, 2.24) is 4.98 Å². The van der Waals surface area contributed by atoms with E-state index in [2.05, 4.69) is 34.1 Å². The smallest absolute Gasteiger partial charge is 0.0632 e. The van der Waals surface area contributed by atoms with E-state index in [1.54, 1.807) is 0 Å². The molecule has 0 atom stereocenters. The molecule has 1 saturated heterocycles. The van der Waals surface area contributed by atoms with E-state index in [4.69, 9.17) is 0 Å². The van der Waals surface area contributed by atoms with Gasteiger partial charge in [0.25, 0.3) is 0 Å². The molecule has 1 aliphatic heterocycles. The Labute approximate surface area is 95.9 Å². The summed E-state index contributed by atoms with van der Waals surface area (Å²) in [4.78, 5) is 6.82. The topological polar surface area (TPSA) is 16.1 Å². The van der Waals surface area contributed by atoms with Crippen molar-refractivity contribution >= 4 is 16.5 Å². The number of fused-ring (bicyclic) bond motifs is 1. The summed E-state index contributed by atoms with van der Waals surface area (Å²) in [6.45, 7) is 2.35. The van der Waals surface area contributed by atoms with Gasteiger partial charge in [0.1, 0.15) is 0 Å². The zero-order valence-electron chi connectivity index (χ0n) is 9.39. The lowest BCUT2D eigenvalue weighted by Gasteiger charge is -2.29. The van der Waals surface area contributed by atoms with Crippen LogP contribution in [0.15, 0.2) is 36.7 Å². The summed E-state index contributed by atoms with van der Waals surface area (Å²) in [6, 6.07) is 8.51. The SMILES string of the molecule is c1ccc2c(N3CCCCC3)cncc2c1. The van der Waals surface area contributed by atoms with Gasteiger partial charge in [-0.15, -0.1) is 0 Å². The fourth-order valence-corrected chi connectivity index (χ4v) is 2.49. The molecule has 2 nitrogen and oxygen atoms in total. The molecule has 82 valence electrons. The minimum atomic E-state index is 1.18. The van der Waals surface area contributed by atoms with Gasteiger partial charge >= 0.3 is 0 Å². The number of rotatable bonds is 1. The molecule has 0 amide bonds. The lowest BCUT2D eigenvalue weighted by Crippen LogP contribution is -2.29. The molecule has 1 aliphatic rings. The average molecular weight is 212 g/mol. The zero-order valence-corrected chi connectivity index (χ0v) is 9.39. The van der Waals surface area contributed by atoms with E-state index in [1.165, 1.54) is 48.8 Å². The van der Waals surface area contributed by atoms with Crippen molar-refractivity contribution in [2.45, 2.75) is 19.3 Å². The summed E-state index contributed by atoms with van der Waals surface area (Å²) in [5.74, 6) is 0. The first kappa shape index (κ1) is 9.64. The van der Waals surface area contributed by atoms with Crippen LogP contribution in [0, 0.1) is 0 Å². The normalized spacial score (nSPS) is 16.6. The molecule has 1 aromatic heterocycles. The van der Waals surface area contributed by atoms with Gasteiger partial charge in [-0.1, -0.05) is 24.3 Å². The second-order valence-corrected chi connectivity index (χ2v) is 4.43. The van der Waals surface area contributed by atoms with E-state index in [0.717, 1.165) is 0 Å². The molecule has 0 N–H and O–H groups in total. The van der Waals surface area contributed by atoms with Gasteiger partial charge in [0.15, 0.2) is 0 Å². The van der Waals surface area contributed by atoms with Crippen LogP contribution in [-0.2, 0) is 0 Å². The van der Waals surface area contributed by atoms with Gasteiger partial charge in [0.05, 0.1) is 11.9 Å². The molecule has 0 spiro atoms. The molecular weight excluding hydrogens is 196 g/mol. The average Bonchev–Trinajstić information content (AvgIpc) is 2.39. The predicted molar refractivity (Wildman–Crippen MR) is 67.8 cm³/mol. The zero-order chi connectivity index (χ0) is 10.8. The van der Waals surface area contributed by atoms with Crippen LogP contribution < -0.4 is 4.90 Å². The highest BCUT2D eigenvalue weighted by Crippen LogP contribution is 2.27. The summed E-state index contributed by atoms with van der Waals surface area (Å²) >= 11 is 0. The largest absolute Gasteiger partial charge is 0.370 e. The molecule has 1 aromatic carbocycles. The van der Waals surface area contributed by atoms with Crippen LogP contribution in [0.25, 0.3) is 10.8 Å². The first-order valence-electron chi connectivity index (χ1n) is 6.03. The van der Waals surface area contributed by atoms with Crippen molar-refractivity contribution in [1.29, 1.82) is 0 Å². The van der Waals surface area contributed by atoms with Crippen LogP contribution in [0.4, 0.5) is 5.69 Å². The standard InChI is InChI=1S/C14H16N2/c1-4-8-16(9-5-1)14-11-15-10-12-6-2-3-7-13(12)14/h2-3,6-7,10-11H,1,4-5,8-9H2. The summed E-state index contributed by atoms with van der Waals surface area (Å²) in [7, 11) is 0. The number of benzene rings is 1. The van der Waals surface area contributed by atoms with Crippen LogP contribution in [0.5, 0.6) is 0 Å². The molecule has 0 saturated carbocycles. The molecule has 0 bridgehead atoms. The monoisotopic (exact) mass is 212 g/mol. The summed E-state index contributed by atoms with van der Waals surface area (Å²) in [5, 5.41) is 2.57. The summed E-state index contributed by atoms with van der Waals surface area (Å²) < 4.78 is 0. The van der Waals surface area contributed by atoms with Crippen LogP contribution in [0.1, 0.15) is 19.3 Å². The Morgan fingerprint density at radius 2 is 1.75 bits per heavy atom. The van der Waals surface area contributed by atoms with Crippen molar-refractivity contribution in [3.63, 3.8) is 0 Å². The van der Waals surface area contributed by atoms with E-state index < -0.39 is 0 Å². The molecule has 0 unspecified atom stereocenters. The maximum Gasteiger partial charge on any atom is 0.0632 e. The maximum atomic E-state index is 4.35. The molecule has 3 rings (SSSR count). The van der Waals surface area contributed by atoms with Crippen molar-refractivity contribution in [2.24, 2.45) is 0 Å². The first-order chi connectivity index (χ1) is 7.95. The van der Waals surface area contributed by atoms with Crippen molar-refractivity contribution in [2.75, 3.05) is 18.0 Å². The number of nitrogens with zero attached hydrogens (tertiary/aromatic N) is 2. The van der Waals surface area contributed by atoms with Gasteiger partial charge in [-0.2, -0.15) is 0 Å². The Morgan fingerprint density at radius 1 is 0.938 bits per heavy atom. The van der Waals surface area contributed by atoms with Crippen molar-refractivity contribution in [3.05, 3.63) is 36.7 Å². The number of anilines is 1. The lowest BCUT2D eigenvalue weighted by molar-refractivity contribution is 0.578. The fourth-order valence-electron chi connectivity index (χ4n) is 2.49. The van der Waals surface area contributed by atoms with Crippen LogP contribution in [0.3, 0.4) is 0 Å². The quantitative estimate of drug-likeness (QED) is 0.721. The highest BCUT2D eigenvalue weighted by atomic mass is 15.1.